The molecule has 1 aromatic heterocycles. The Morgan fingerprint density at radius 1 is 0.958 bits per heavy atom. The molecule has 1 aliphatic heterocycles. The zero-order valence-corrected chi connectivity index (χ0v) is 19.5. The number of benzene rings is 1. The van der Waals surface area contributed by atoms with Crippen molar-refractivity contribution in [3.63, 3.8) is 0 Å². The van der Waals surface area contributed by atoms with Crippen LogP contribution in [0.2, 0.25) is 10.4 Å². The molecule has 2 aromatic rings. The minimum atomic E-state index is 0. The van der Waals surface area contributed by atoms with Gasteiger partial charge in [-0.1, -0.05) is 41.4 Å². The van der Waals surface area contributed by atoms with Gasteiger partial charge in [-0.2, -0.15) is 0 Å². The second-order valence-electron chi connectivity index (χ2n) is 5.57. The van der Waals surface area contributed by atoms with Gasteiger partial charge in [0.2, 0.25) is 5.28 Å². The summed E-state index contributed by atoms with van der Waals surface area (Å²) < 4.78 is 0. The van der Waals surface area contributed by atoms with Gasteiger partial charge in [0.05, 0.1) is 0 Å². The van der Waals surface area contributed by atoms with Crippen molar-refractivity contribution in [2.75, 3.05) is 31.1 Å². The van der Waals surface area contributed by atoms with Crippen LogP contribution in [0.5, 0.6) is 0 Å². The van der Waals surface area contributed by atoms with Crippen molar-refractivity contribution in [2.45, 2.75) is 13.1 Å². The van der Waals surface area contributed by atoms with Gasteiger partial charge in [-0.3, -0.25) is 4.90 Å². The maximum absolute atomic E-state index is 7.36. The van der Waals surface area contributed by atoms with Crippen LogP contribution in [0.3, 0.4) is 0 Å². The van der Waals surface area contributed by atoms with Crippen molar-refractivity contribution < 1.29 is 44.1 Å². The van der Waals surface area contributed by atoms with Crippen molar-refractivity contribution in [2.24, 2.45) is 0 Å². The number of halogens is 2. The Hall–Kier alpha value is 0.0416. The van der Waals surface area contributed by atoms with Crippen LogP contribution in [-0.4, -0.2) is 41.0 Å². The Balaban J connectivity index is 0.00000208. The first-order valence-corrected chi connectivity index (χ1v) is 8.29. The largest absolute Gasteiger partial charge is 0.674 e. The molecular weight excluding hydrogens is 560 g/mol. The summed E-state index contributed by atoms with van der Waals surface area (Å²) in [6.45, 7) is 4.95. The summed E-state index contributed by atoms with van der Waals surface area (Å²) >= 11 is 11.8. The third-order valence-corrected chi connectivity index (χ3v) is 4.35. The molecule has 1 aliphatic rings. The molecule has 125 valence electrons. The van der Waals surface area contributed by atoms with Crippen LogP contribution < -0.4 is 4.90 Å². The molecule has 1 aromatic carbocycles. The molecule has 3 rings (SSSR count). The number of hydrogen-bond acceptors (Lipinski definition) is 4. The molecule has 0 spiro atoms. The van der Waals surface area contributed by atoms with E-state index in [0.717, 1.165) is 44.1 Å². The summed E-state index contributed by atoms with van der Waals surface area (Å²) in [5, 5.41) is 0.557. The Labute approximate surface area is 188 Å². The zero-order chi connectivity index (χ0) is 16.2. The molecular formula is C16H18AcCl2N5-. The molecule has 0 unspecified atom stereocenters. The number of nitrogens with zero attached hydrogens (tertiary/aromatic N) is 4. The molecule has 24 heavy (non-hydrogen) atoms. The van der Waals surface area contributed by atoms with Crippen molar-refractivity contribution in [1.82, 2.24) is 14.9 Å². The van der Waals surface area contributed by atoms with Gasteiger partial charge in [0, 0.05) is 82.9 Å². The second kappa shape index (κ2) is 9.66. The van der Waals surface area contributed by atoms with E-state index in [4.69, 9.17) is 28.9 Å². The fourth-order valence-electron chi connectivity index (χ4n) is 2.70. The monoisotopic (exact) mass is 577 g/mol. The van der Waals surface area contributed by atoms with Crippen LogP contribution in [0.15, 0.2) is 30.3 Å². The van der Waals surface area contributed by atoms with E-state index >= 15 is 0 Å². The van der Waals surface area contributed by atoms with E-state index in [1.165, 1.54) is 5.56 Å². The molecule has 2 heterocycles. The van der Waals surface area contributed by atoms with Gasteiger partial charge in [0.25, 0.3) is 0 Å². The minimum Gasteiger partial charge on any atom is -0.674 e. The number of anilines is 1. The number of hydrogen-bond donors (Lipinski definition) is 0. The summed E-state index contributed by atoms with van der Waals surface area (Å²) in [6, 6.07) is 10.0. The van der Waals surface area contributed by atoms with E-state index < -0.39 is 0 Å². The number of piperazine rings is 1. The van der Waals surface area contributed by atoms with Crippen LogP contribution in [-0.2, 0) is 13.1 Å². The Bertz CT molecular complexity index is 640. The average molecular weight is 578 g/mol. The molecule has 8 heteroatoms. The van der Waals surface area contributed by atoms with Crippen molar-refractivity contribution in [1.29, 1.82) is 0 Å². The predicted octanol–water partition coefficient (Wildman–Crippen LogP) is 3.66. The molecule has 0 saturated carbocycles. The molecule has 0 atom stereocenters. The maximum atomic E-state index is 7.36. The second-order valence-corrected chi connectivity index (χ2v) is 6.30. The van der Waals surface area contributed by atoms with E-state index in [9.17, 15) is 0 Å². The first-order valence-electron chi connectivity index (χ1n) is 7.54. The fourth-order valence-corrected chi connectivity index (χ4v) is 3.10. The van der Waals surface area contributed by atoms with Crippen molar-refractivity contribution in [3.8, 4) is 0 Å². The summed E-state index contributed by atoms with van der Waals surface area (Å²) in [7, 11) is 0. The van der Waals surface area contributed by atoms with Gasteiger partial charge in [-0.15, -0.1) is 6.54 Å². The predicted molar refractivity (Wildman–Crippen MR) is 94.0 cm³/mol. The molecule has 5 nitrogen and oxygen atoms in total. The van der Waals surface area contributed by atoms with Crippen LogP contribution in [0, 0.1) is 44.1 Å². The van der Waals surface area contributed by atoms with Gasteiger partial charge < -0.3 is 10.6 Å². The first-order chi connectivity index (χ1) is 11.1. The van der Waals surface area contributed by atoms with Crippen LogP contribution >= 0.6 is 23.2 Å². The first kappa shape index (κ1) is 20.4. The summed E-state index contributed by atoms with van der Waals surface area (Å²) in [6.07, 6.45) is 0. The van der Waals surface area contributed by atoms with E-state index in [-0.39, 0.29) is 49.3 Å². The third kappa shape index (κ3) is 5.52. The van der Waals surface area contributed by atoms with Crippen LogP contribution in [0.25, 0.3) is 5.73 Å². The third-order valence-electron chi connectivity index (χ3n) is 3.98. The molecule has 1 N–H and O–H groups in total. The fraction of sp³-hybridized carbons (Fsp3) is 0.375. The summed E-state index contributed by atoms with van der Waals surface area (Å²) in [5.41, 5.74) is 9.69. The summed E-state index contributed by atoms with van der Waals surface area (Å²) in [4.78, 5) is 12.7. The molecule has 0 bridgehead atoms. The van der Waals surface area contributed by atoms with E-state index in [0.29, 0.717) is 11.7 Å². The number of aromatic nitrogens is 2. The van der Waals surface area contributed by atoms with Crippen molar-refractivity contribution in [3.05, 3.63) is 57.6 Å². The molecule has 0 amide bonds. The Morgan fingerprint density at radius 3 is 2.17 bits per heavy atom. The van der Waals surface area contributed by atoms with E-state index in [2.05, 4.69) is 31.9 Å². The summed E-state index contributed by atoms with van der Waals surface area (Å²) in [5.74, 6) is 0.787. The normalized spacial score (nSPS) is 15.2. The van der Waals surface area contributed by atoms with Gasteiger partial charge in [-0.25, -0.2) is 9.97 Å². The average Bonchev–Trinajstić information content (AvgIpc) is 2.55. The SMILES string of the molecule is [Ac].[NH-]Cc1ccc(CN2CCN(c3cc(Cl)nc(Cl)n3)CC2)cc1. The van der Waals surface area contributed by atoms with Crippen LogP contribution in [0.1, 0.15) is 11.1 Å². The molecule has 1 fully saturated rings. The molecule has 1 saturated heterocycles. The number of rotatable bonds is 4. The molecule has 1 radical (unpaired) electrons. The van der Waals surface area contributed by atoms with E-state index in [1.54, 1.807) is 6.07 Å². The smallest absolute Gasteiger partial charge is 0.225 e. The standard InChI is InChI=1S/C16H18Cl2N5.Ac/c17-14-9-15(21-16(18)20-14)23-7-5-22(6-8-23)11-13-3-1-12(10-19)2-4-13;/h1-4,9,19H,5-8,10-11H2;/q-1;. The minimum absolute atomic E-state index is 0. The molecule has 0 aliphatic carbocycles. The van der Waals surface area contributed by atoms with Gasteiger partial charge >= 0.3 is 0 Å². The quantitative estimate of drug-likeness (QED) is 0.411. The Kier molecular flexibility index (Phi) is 8.19. The van der Waals surface area contributed by atoms with Crippen molar-refractivity contribution >= 4 is 29.0 Å². The number of nitrogens with one attached hydrogen (secondary N) is 1. The van der Waals surface area contributed by atoms with E-state index in [1.807, 2.05) is 12.1 Å². The van der Waals surface area contributed by atoms with Crippen LogP contribution in [0.4, 0.5) is 5.82 Å². The van der Waals surface area contributed by atoms with Gasteiger partial charge in [-0.05, 0) is 17.2 Å². The Morgan fingerprint density at radius 2 is 1.58 bits per heavy atom. The maximum Gasteiger partial charge on any atom is 0.225 e. The van der Waals surface area contributed by atoms with Gasteiger partial charge in [0.1, 0.15) is 11.0 Å². The topological polar surface area (TPSA) is 56.1 Å². The zero-order valence-electron chi connectivity index (χ0n) is 13.3. The van der Waals surface area contributed by atoms with Gasteiger partial charge in [0.15, 0.2) is 0 Å².